The third-order valence-electron chi connectivity index (χ3n) is 4.60. The molecule has 0 radical (unpaired) electrons. The van der Waals surface area contributed by atoms with Gasteiger partial charge in [-0.3, -0.25) is 9.59 Å². The van der Waals surface area contributed by atoms with Crippen molar-refractivity contribution in [2.24, 2.45) is 0 Å². The number of carbonyl (C=O) groups is 2. The maximum absolute atomic E-state index is 12.0. The zero-order valence-corrected chi connectivity index (χ0v) is 16.9. The zero-order chi connectivity index (χ0) is 20.2. The summed E-state index contributed by atoms with van der Waals surface area (Å²) in [7, 11) is 0. The number of nitrogens with zero attached hydrogens (tertiary/aromatic N) is 2. The molecule has 154 valence electrons. The average Bonchev–Trinajstić information content (AvgIpc) is 3.42. The Bertz CT molecular complexity index is 866. The molecule has 2 aliphatic rings. The lowest BCUT2D eigenvalue weighted by Crippen LogP contribution is -2.45. The molecule has 4 atom stereocenters. The second-order valence-corrected chi connectivity index (χ2v) is 8.58. The van der Waals surface area contributed by atoms with E-state index in [0.717, 1.165) is 22.3 Å². The number of anilines is 1. The number of thioether (sulfide) groups is 1. The number of ether oxygens (including phenoxy) is 2. The summed E-state index contributed by atoms with van der Waals surface area (Å²) in [5.41, 5.74) is 0.851. The van der Waals surface area contributed by atoms with Crippen molar-refractivity contribution < 1.29 is 24.2 Å². The van der Waals surface area contributed by atoms with Gasteiger partial charge in [0.25, 0.3) is 0 Å². The van der Waals surface area contributed by atoms with Gasteiger partial charge in [-0.15, -0.1) is 23.1 Å². The topological polar surface area (TPSA) is 123 Å². The number of nitrogens with one attached hydrogen (secondary N) is 2. The molecule has 2 fully saturated rings. The number of fused-ring (bicyclic) bond motifs is 1. The van der Waals surface area contributed by atoms with E-state index in [2.05, 4.69) is 20.6 Å². The van der Waals surface area contributed by atoms with Gasteiger partial charge in [0.15, 0.2) is 0 Å². The van der Waals surface area contributed by atoms with E-state index >= 15 is 0 Å². The van der Waals surface area contributed by atoms with Crippen LogP contribution in [-0.2, 0) is 19.1 Å². The molecule has 0 aliphatic carbocycles. The van der Waals surface area contributed by atoms with Crippen LogP contribution in [0, 0.1) is 0 Å². The van der Waals surface area contributed by atoms with E-state index < -0.39 is 5.97 Å². The molecule has 4 rings (SSSR count). The number of aromatic nitrogens is 2. The molecule has 2 aromatic heterocycles. The van der Waals surface area contributed by atoms with Crippen molar-refractivity contribution in [3.63, 3.8) is 0 Å². The lowest BCUT2D eigenvalue weighted by Gasteiger charge is -2.18. The van der Waals surface area contributed by atoms with Gasteiger partial charge in [-0.1, -0.05) is 6.07 Å². The molecule has 0 aromatic carbocycles. The number of carbonyl (C=O) groups excluding carboxylic acids is 1. The molecule has 1 amide bonds. The largest absolute Gasteiger partial charge is 0.481 e. The molecule has 9 nitrogen and oxygen atoms in total. The van der Waals surface area contributed by atoms with E-state index in [1.807, 2.05) is 23.6 Å². The van der Waals surface area contributed by atoms with E-state index in [0.29, 0.717) is 19.2 Å². The number of aliphatic carboxylic acids is 1. The lowest BCUT2D eigenvalue weighted by molar-refractivity contribution is -0.133. The fourth-order valence-corrected chi connectivity index (χ4v) is 4.62. The van der Waals surface area contributed by atoms with Gasteiger partial charge < -0.3 is 25.2 Å². The Hall–Kier alpha value is -2.21. The molecule has 2 saturated heterocycles. The van der Waals surface area contributed by atoms with Gasteiger partial charge in [-0.2, -0.15) is 0 Å². The SMILES string of the molecule is O=C(O)CSCC(=O)NC1COC2C(Nc3nccc(-c4cccs4)n3)COC12. The number of hydrogen-bond acceptors (Lipinski definition) is 9. The average molecular weight is 437 g/mol. The van der Waals surface area contributed by atoms with Gasteiger partial charge in [0.1, 0.15) is 12.2 Å². The normalized spacial score (nSPS) is 25.5. The number of rotatable bonds is 8. The van der Waals surface area contributed by atoms with E-state index in [-0.39, 0.29) is 41.7 Å². The Morgan fingerprint density at radius 3 is 2.76 bits per heavy atom. The standard InChI is InChI=1S/C18H20N4O5S2/c23-14(8-28-9-15(24)25)20-11-6-26-17-12(7-27-16(11)17)22-18-19-4-3-10(21-18)13-2-1-5-29-13/h1-5,11-12,16-17H,6-9H2,(H,20,23)(H,24,25)(H,19,21,22). The molecule has 0 spiro atoms. The predicted octanol–water partition coefficient (Wildman–Crippen LogP) is 1.09. The first-order valence-corrected chi connectivity index (χ1v) is 11.1. The molecule has 11 heteroatoms. The zero-order valence-electron chi connectivity index (χ0n) is 15.3. The van der Waals surface area contributed by atoms with Crippen LogP contribution in [0.25, 0.3) is 10.6 Å². The Morgan fingerprint density at radius 1 is 1.21 bits per heavy atom. The van der Waals surface area contributed by atoms with Crippen molar-refractivity contribution in [1.82, 2.24) is 15.3 Å². The highest BCUT2D eigenvalue weighted by atomic mass is 32.2. The molecule has 0 saturated carbocycles. The van der Waals surface area contributed by atoms with Crippen LogP contribution in [0.3, 0.4) is 0 Å². The summed E-state index contributed by atoms with van der Waals surface area (Å²) in [6, 6.07) is 5.47. The molecule has 0 bridgehead atoms. The van der Waals surface area contributed by atoms with Crippen molar-refractivity contribution in [3.05, 3.63) is 29.8 Å². The third kappa shape index (κ3) is 4.86. The van der Waals surface area contributed by atoms with Crippen LogP contribution >= 0.6 is 23.1 Å². The second-order valence-electron chi connectivity index (χ2n) is 6.65. The molecule has 29 heavy (non-hydrogen) atoms. The van der Waals surface area contributed by atoms with Gasteiger partial charge >= 0.3 is 5.97 Å². The van der Waals surface area contributed by atoms with Crippen LogP contribution in [0.2, 0.25) is 0 Å². The number of carboxylic acid groups (broad SMARTS) is 1. The van der Waals surface area contributed by atoms with Crippen molar-refractivity contribution >= 4 is 40.9 Å². The maximum atomic E-state index is 12.0. The smallest absolute Gasteiger partial charge is 0.313 e. The van der Waals surface area contributed by atoms with E-state index in [9.17, 15) is 9.59 Å². The minimum absolute atomic E-state index is 0.0885. The van der Waals surface area contributed by atoms with Crippen LogP contribution in [0.5, 0.6) is 0 Å². The summed E-state index contributed by atoms with van der Waals surface area (Å²) in [4.78, 5) is 32.5. The predicted molar refractivity (Wildman–Crippen MR) is 109 cm³/mol. The summed E-state index contributed by atoms with van der Waals surface area (Å²) in [5.74, 6) is -0.673. The lowest BCUT2D eigenvalue weighted by atomic mass is 10.1. The summed E-state index contributed by atoms with van der Waals surface area (Å²) in [5, 5.41) is 16.8. The molecule has 2 aliphatic heterocycles. The van der Waals surface area contributed by atoms with Crippen molar-refractivity contribution in [2.45, 2.75) is 24.3 Å². The van der Waals surface area contributed by atoms with Crippen molar-refractivity contribution in [3.8, 4) is 10.6 Å². The number of amides is 1. The number of hydrogen-bond donors (Lipinski definition) is 3. The van der Waals surface area contributed by atoms with Crippen LogP contribution < -0.4 is 10.6 Å². The maximum Gasteiger partial charge on any atom is 0.313 e. The van der Waals surface area contributed by atoms with E-state index in [4.69, 9.17) is 14.6 Å². The Kier molecular flexibility index (Phi) is 6.28. The van der Waals surface area contributed by atoms with Gasteiger partial charge in [0.2, 0.25) is 11.9 Å². The first-order valence-electron chi connectivity index (χ1n) is 9.06. The number of carboxylic acids is 1. The van der Waals surface area contributed by atoms with Crippen LogP contribution in [-0.4, -0.2) is 76.0 Å². The molecule has 4 unspecified atom stereocenters. The fourth-order valence-electron chi connectivity index (χ4n) is 3.38. The Morgan fingerprint density at radius 2 is 2.00 bits per heavy atom. The minimum atomic E-state index is -0.939. The second kappa shape index (κ2) is 9.08. The summed E-state index contributed by atoms with van der Waals surface area (Å²) in [6.07, 6.45) is 1.23. The van der Waals surface area contributed by atoms with Crippen molar-refractivity contribution in [1.29, 1.82) is 0 Å². The molecule has 2 aromatic rings. The van der Waals surface area contributed by atoms with Gasteiger partial charge in [0.05, 0.1) is 47.4 Å². The van der Waals surface area contributed by atoms with E-state index in [1.54, 1.807) is 17.5 Å². The highest BCUT2D eigenvalue weighted by Crippen LogP contribution is 2.29. The summed E-state index contributed by atoms with van der Waals surface area (Å²) < 4.78 is 11.7. The fraction of sp³-hybridized carbons (Fsp3) is 0.444. The molecular formula is C18H20N4O5S2. The van der Waals surface area contributed by atoms with E-state index in [1.165, 1.54) is 0 Å². The summed E-state index contributed by atoms with van der Waals surface area (Å²) >= 11 is 2.67. The monoisotopic (exact) mass is 436 g/mol. The Balaban J connectivity index is 1.32. The third-order valence-corrected chi connectivity index (χ3v) is 6.41. The first kappa shape index (κ1) is 20.1. The summed E-state index contributed by atoms with van der Waals surface area (Å²) in [6.45, 7) is 0.765. The van der Waals surface area contributed by atoms with Gasteiger partial charge in [-0.05, 0) is 17.5 Å². The van der Waals surface area contributed by atoms with Crippen LogP contribution in [0.15, 0.2) is 29.8 Å². The molecular weight excluding hydrogens is 416 g/mol. The molecule has 3 N–H and O–H groups in total. The number of thiophene rings is 1. The quantitative estimate of drug-likeness (QED) is 0.558. The van der Waals surface area contributed by atoms with Gasteiger partial charge in [-0.25, -0.2) is 9.97 Å². The van der Waals surface area contributed by atoms with Crippen LogP contribution in [0.1, 0.15) is 0 Å². The first-order chi connectivity index (χ1) is 14.1. The van der Waals surface area contributed by atoms with Gasteiger partial charge in [0, 0.05) is 6.20 Å². The highest BCUT2D eigenvalue weighted by molar-refractivity contribution is 8.00. The Labute approximate surface area is 175 Å². The van der Waals surface area contributed by atoms with Crippen molar-refractivity contribution in [2.75, 3.05) is 30.0 Å². The minimum Gasteiger partial charge on any atom is -0.481 e. The molecule has 4 heterocycles. The van der Waals surface area contributed by atoms with Crippen LogP contribution in [0.4, 0.5) is 5.95 Å². The highest BCUT2D eigenvalue weighted by Gasteiger charge is 2.48.